The van der Waals surface area contributed by atoms with E-state index in [2.05, 4.69) is 26.5 Å². The molecular weight excluding hydrogens is 358 g/mol. The lowest BCUT2D eigenvalue weighted by molar-refractivity contribution is -0.131. The van der Waals surface area contributed by atoms with Gasteiger partial charge in [0.2, 0.25) is 11.8 Å². The van der Waals surface area contributed by atoms with Gasteiger partial charge in [0, 0.05) is 26.1 Å². The first-order chi connectivity index (χ1) is 13.5. The summed E-state index contributed by atoms with van der Waals surface area (Å²) in [5.74, 6) is 0.256. The maximum atomic E-state index is 12.5. The van der Waals surface area contributed by atoms with Crippen LogP contribution < -0.4 is 21.4 Å². The third kappa shape index (κ3) is 3.77. The predicted molar refractivity (Wildman–Crippen MR) is 104 cm³/mol. The summed E-state index contributed by atoms with van der Waals surface area (Å²) in [6.45, 7) is 2.45. The third-order valence-electron chi connectivity index (χ3n) is 5.16. The van der Waals surface area contributed by atoms with Crippen molar-refractivity contribution in [1.29, 1.82) is 0 Å². The normalized spacial score (nSPS) is 24.6. The molecule has 9 heteroatoms. The van der Waals surface area contributed by atoms with Crippen LogP contribution in [0.1, 0.15) is 24.0 Å². The molecule has 2 fully saturated rings. The molecule has 28 heavy (non-hydrogen) atoms. The zero-order chi connectivity index (χ0) is 19.7. The minimum absolute atomic E-state index is 0.0416. The number of rotatable bonds is 5. The Kier molecular flexibility index (Phi) is 5.12. The van der Waals surface area contributed by atoms with Gasteiger partial charge in [-0.25, -0.2) is 9.69 Å². The fraction of sp³-hybridized carbons (Fsp3) is 0.421. The quantitative estimate of drug-likeness (QED) is 0.593. The lowest BCUT2D eigenvalue weighted by Gasteiger charge is -2.35. The summed E-state index contributed by atoms with van der Waals surface area (Å²) in [4.78, 5) is 24.9. The van der Waals surface area contributed by atoms with E-state index in [0.717, 1.165) is 11.3 Å². The number of carbonyl (C=O) groups is 2. The van der Waals surface area contributed by atoms with E-state index in [0.29, 0.717) is 25.2 Å². The van der Waals surface area contributed by atoms with Gasteiger partial charge in [-0.15, -0.1) is 0 Å². The van der Waals surface area contributed by atoms with Crippen LogP contribution in [0.2, 0.25) is 0 Å². The van der Waals surface area contributed by atoms with Crippen LogP contribution in [0, 0.1) is 12.8 Å². The van der Waals surface area contributed by atoms with Gasteiger partial charge in [0.25, 0.3) is 0 Å². The van der Waals surface area contributed by atoms with E-state index in [1.165, 1.54) is 0 Å². The number of nitrogens with one attached hydrogen (secondary N) is 4. The average Bonchev–Trinajstić information content (AvgIpc) is 3.24. The van der Waals surface area contributed by atoms with Crippen LogP contribution in [0.15, 0.2) is 36.4 Å². The van der Waals surface area contributed by atoms with Crippen molar-refractivity contribution in [2.24, 2.45) is 5.92 Å². The largest absolute Gasteiger partial charge is 0.321 e. The number of carbonyl (C=O) groups excluding carboxylic acids is 2. The Morgan fingerprint density at radius 2 is 2.11 bits per heavy atom. The molecular formula is C19H25N7O2. The Morgan fingerprint density at radius 1 is 1.32 bits per heavy atom. The number of aromatic nitrogens is 2. The molecule has 2 aliphatic rings. The van der Waals surface area contributed by atoms with Crippen molar-refractivity contribution in [1.82, 2.24) is 30.8 Å². The van der Waals surface area contributed by atoms with E-state index in [1.807, 2.05) is 49.3 Å². The number of fused-ring (bicyclic) bond motifs is 1. The van der Waals surface area contributed by atoms with Crippen LogP contribution >= 0.6 is 0 Å². The van der Waals surface area contributed by atoms with Crippen LogP contribution in [0.3, 0.4) is 0 Å². The van der Waals surface area contributed by atoms with E-state index in [4.69, 9.17) is 0 Å². The van der Waals surface area contributed by atoms with Gasteiger partial charge in [-0.3, -0.25) is 20.3 Å². The number of benzene rings is 1. The van der Waals surface area contributed by atoms with Crippen molar-refractivity contribution in [3.05, 3.63) is 47.7 Å². The molecule has 2 aliphatic heterocycles. The van der Waals surface area contributed by atoms with Crippen molar-refractivity contribution in [3.63, 3.8) is 0 Å². The molecule has 2 aromatic rings. The van der Waals surface area contributed by atoms with Gasteiger partial charge >= 0.3 is 0 Å². The highest BCUT2D eigenvalue weighted by Crippen LogP contribution is 2.23. The lowest BCUT2D eigenvalue weighted by atomic mass is 10.1. The van der Waals surface area contributed by atoms with E-state index in [9.17, 15) is 9.59 Å². The van der Waals surface area contributed by atoms with Crippen LogP contribution in [0.4, 0.5) is 5.82 Å². The predicted octanol–water partition coefficient (Wildman–Crippen LogP) is 0.331. The van der Waals surface area contributed by atoms with Gasteiger partial charge in [-0.05, 0) is 18.9 Å². The summed E-state index contributed by atoms with van der Waals surface area (Å²) >= 11 is 0. The van der Waals surface area contributed by atoms with E-state index in [-0.39, 0.29) is 23.9 Å². The Hall–Kier alpha value is -2.75. The van der Waals surface area contributed by atoms with Gasteiger partial charge in [-0.2, -0.15) is 5.10 Å². The monoisotopic (exact) mass is 383 g/mol. The Morgan fingerprint density at radius 3 is 2.89 bits per heavy atom. The van der Waals surface area contributed by atoms with Crippen molar-refractivity contribution in [2.75, 3.05) is 18.9 Å². The summed E-state index contributed by atoms with van der Waals surface area (Å²) in [5.41, 5.74) is 5.03. The molecule has 0 spiro atoms. The molecule has 0 radical (unpaired) electrons. The van der Waals surface area contributed by atoms with Crippen LogP contribution in [0.5, 0.6) is 0 Å². The highest BCUT2D eigenvalue weighted by Gasteiger charge is 2.43. The fourth-order valence-electron chi connectivity index (χ4n) is 3.68. The molecule has 1 aromatic carbocycles. The number of hydrogen-bond donors (Lipinski definition) is 4. The molecule has 0 bridgehead atoms. The number of nitrogens with zero attached hydrogens (tertiary/aromatic N) is 3. The summed E-state index contributed by atoms with van der Waals surface area (Å²) < 4.78 is 1.62. The highest BCUT2D eigenvalue weighted by molar-refractivity contribution is 5.90. The van der Waals surface area contributed by atoms with E-state index < -0.39 is 6.29 Å². The van der Waals surface area contributed by atoms with E-state index >= 15 is 0 Å². The maximum absolute atomic E-state index is 12.5. The SMILES string of the molecule is Cc1cc(NC(=O)CCc2ccccc2)n(C2NC(=O)C3CNN(C)C3N2)n1. The Labute approximate surface area is 163 Å². The maximum Gasteiger partial charge on any atom is 0.230 e. The van der Waals surface area contributed by atoms with Gasteiger partial charge in [0.1, 0.15) is 5.82 Å². The molecule has 3 atom stereocenters. The summed E-state index contributed by atoms with van der Waals surface area (Å²) in [6.07, 6.45) is 0.369. The van der Waals surface area contributed by atoms with Crippen LogP contribution in [-0.4, -0.2) is 46.4 Å². The van der Waals surface area contributed by atoms with Crippen molar-refractivity contribution < 1.29 is 9.59 Å². The highest BCUT2D eigenvalue weighted by atomic mass is 16.2. The molecule has 4 N–H and O–H groups in total. The van der Waals surface area contributed by atoms with E-state index in [1.54, 1.807) is 10.7 Å². The number of amides is 2. The van der Waals surface area contributed by atoms with Crippen LogP contribution in [0.25, 0.3) is 0 Å². The first-order valence-corrected chi connectivity index (χ1v) is 9.44. The van der Waals surface area contributed by atoms with Crippen molar-refractivity contribution >= 4 is 17.6 Å². The molecule has 0 saturated carbocycles. The van der Waals surface area contributed by atoms with Gasteiger partial charge in [0.05, 0.1) is 17.8 Å². The summed E-state index contributed by atoms with van der Waals surface area (Å²) in [7, 11) is 1.90. The van der Waals surface area contributed by atoms with Gasteiger partial charge < -0.3 is 10.6 Å². The number of anilines is 1. The fourth-order valence-corrected chi connectivity index (χ4v) is 3.68. The first-order valence-electron chi connectivity index (χ1n) is 9.44. The van der Waals surface area contributed by atoms with Gasteiger partial charge in [-0.1, -0.05) is 30.3 Å². The molecule has 3 unspecified atom stereocenters. The second-order valence-electron chi connectivity index (χ2n) is 7.25. The number of aryl methyl sites for hydroxylation is 2. The minimum Gasteiger partial charge on any atom is -0.321 e. The Bertz CT molecular complexity index is 866. The topological polar surface area (TPSA) is 103 Å². The molecule has 2 saturated heterocycles. The van der Waals surface area contributed by atoms with Crippen LogP contribution in [-0.2, 0) is 16.0 Å². The first kappa shape index (κ1) is 18.6. The smallest absolute Gasteiger partial charge is 0.230 e. The molecule has 0 aliphatic carbocycles. The standard InChI is InChI=1S/C19H25N7O2/c1-12-10-15(21-16(27)9-8-13-6-4-3-5-7-13)26(24-12)19-22-17-14(18(28)23-19)11-20-25(17)2/h3-7,10,14,17,19-20,22H,8-9,11H2,1-2H3,(H,21,27)(H,23,28). The average molecular weight is 383 g/mol. The van der Waals surface area contributed by atoms with Crippen molar-refractivity contribution in [2.45, 2.75) is 32.2 Å². The summed E-state index contributed by atoms with van der Waals surface area (Å²) in [5, 5.41) is 15.6. The lowest BCUT2D eigenvalue weighted by Crippen LogP contribution is -2.61. The molecule has 9 nitrogen and oxygen atoms in total. The Balaban J connectivity index is 1.45. The second-order valence-corrected chi connectivity index (χ2v) is 7.25. The number of hydrazine groups is 1. The molecule has 2 amide bonds. The zero-order valence-electron chi connectivity index (χ0n) is 16.0. The molecule has 148 valence electrons. The second kappa shape index (κ2) is 7.70. The van der Waals surface area contributed by atoms with Crippen molar-refractivity contribution in [3.8, 4) is 0 Å². The minimum atomic E-state index is -0.533. The molecule has 1 aromatic heterocycles. The van der Waals surface area contributed by atoms with Gasteiger partial charge in [0.15, 0.2) is 6.29 Å². The zero-order valence-corrected chi connectivity index (χ0v) is 16.0. The summed E-state index contributed by atoms with van der Waals surface area (Å²) in [6, 6.07) is 11.7. The third-order valence-corrected chi connectivity index (χ3v) is 5.16. The number of hydrogen-bond acceptors (Lipinski definition) is 6. The molecule has 4 rings (SSSR count). The molecule has 3 heterocycles.